The average molecular weight is 371 g/mol. The molecule has 0 fully saturated rings. The SMILES string of the molecule is CN=C(NCc1cccc([N+](=O)[O-])c1)NC1CCc2nc(C(C)C)nn2C1. The summed E-state index contributed by atoms with van der Waals surface area (Å²) in [6, 6.07) is 6.79. The van der Waals surface area contributed by atoms with Crippen LogP contribution in [0.15, 0.2) is 29.3 Å². The molecule has 0 saturated carbocycles. The van der Waals surface area contributed by atoms with Gasteiger partial charge in [0.05, 0.1) is 11.5 Å². The molecule has 144 valence electrons. The lowest BCUT2D eigenvalue weighted by Crippen LogP contribution is -2.46. The number of aryl methyl sites for hydroxylation is 1. The van der Waals surface area contributed by atoms with E-state index < -0.39 is 0 Å². The van der Waals surface area contributed by atoms with Crippen LogP contribution in [-0.4, -0.2) is 38.7 Å². The van der Waals surface area contributed by atoms with Gasteiger partial charge in [-0.2, -0.15) is 5.10 Å². The molecule has 0 saturated heterocycles. The zero-order chi connectivity index (χ0) is 19.4. The summed E-state index contributed by atoms with van der Waals surface area (Å²) < 4.78 is 1.98. The van der Waals surface area contributed by atoms with Gasteiger partial charge in [-0.3, -0.25) is 15.1 Å². The van der Waals surface area contributed by atoms with Gasteiger partial charge in [-0.1, -0.05) is 26.0 Å². The number of non-ortho nitro benzene ring substituents is 1. The monoisotopic (exact) mass is 371 g/mol. The van der Waals surface area contributed by atoms with Crippen molar-refractivity contribution in [2.75, 3.05) is 7.05 Å². The van der Waals surface area contributed by atoms with E-state index in [2.05, 4.69) is 39.6 Å². The summed E-state index contributed by atoms with van der Waals surface area (Å²) in [5.74, 6) is 2.91. The Morgan fingerprint density at radius 2 is 2.30 bits per heavy atom. The van der Waals surface area contributed by atoms with Crippen LogP contribution in [0, 0.1) is 10.1 Å². The first-order valence-corrected chi connectivity index (χ1v) is 9.10. The van der Waals surface area contributed by atoms with Crippen LogP contribution in [0.1, 0.15) is 43.4 Å². The number of aromatic nitrogens is 3. The molecule has 0 aliphatic carbocycles. The molecule has 2 N–H and O–H groups in total. The predicted molar refractivity (Wildman–Crippen MR) is 103 cm³/mol. The van der Waals surface area contributed by atoms with E-state index in [0.717, 1.165) is 36.6 Å². The minimum atomic E-state index is -0.389. The minimum Gasteiger partial charge on any atom is -0.352 e. The summed E-state index contributed by atoms with van der Waals surface area (Å²) in [7, 11) is 1.71. The fourth-order valence-corrected chi connectivity index (χ4v) is 3.04. The van der Waals surface area contributed by atoms with E-state index in [1.807, 2.05) is 10.7 Å². The van der Waals surface area contributed by atoms with Crippen LogP contribution in [0.4, 0.5) is 5.69 Å². The second kappa shape index (κ2) is 8.15. The van der Waals surface area contributed by atoms with Crippen molar-refractivity contribution in [3.8, 4) is 0 Å². The highest BCUT2D eigenvalue weighted by Crippen LogP contribution is 2.17. The van der Waals surface area contributed by atoms with Crippen molar-refractivity contribution in [2.24, 2.45) is 4.99 Å². The van der Waals surface area contributed by atoms with Crippen molar-refractivity contribution in [3.63, 3.8) is 0 Å². The van der Waals surface area contributed by atoms with Crippen LogP contribution in [0.2, 0.25) is 0 Å². The van der Waals surface area contributed by atoms with Gasteiger partial charge in [0, 0.05) is 44.1 Å². The van der Waals surface area contributed by atoms with E-state index >= 15 is 0 Å². The van der Waals surface area contributed by atoms with Crippen LogP contribution in [0.5, 0.6) is 0 Å². The van der Waals surface area contributed by atoms with Crippen LogP contribution in [0.3, 0.4) is 0 Å². The Balaban J connectivity index is 1.58. The standard InChI is InChI=1S/C18H25N7O2/c1-12(2)17-22-16-8-7-14(11-24(16)23-17)21-18(19-3)20-10-13-5-4-6-15(9-13)25(26)27/h4-6,9,12,14H,7-8,10-11H2,1-3H3,(H2,19,20,21). The number of nitro groups is 1. The Kier molecular flexibility index (Phi) is 5.68. The van der Waals surface area contributed by atoms with Gasteiger partial charge in [0.2, 0.25) is 0 Å². The summed E-state index contributed by atoms with van der Waals surface area (Å²) in [6.45, 7) is 5.39. The third-order valence-electron chi connectivity index (χ3n) is 4.54. The average Bonchev–Trinajstić information content (AvgIpc) is 3.09. The number of benzene rings is 1. The molecular weight excluding hydrogens is 346 g/mol. The molecule has 1 atom stereocenters. The molecule has 0 amide bonds. The highest BCUT2D eigenvalue weighted by molar-refractivity contribution is 5.80. The molecular formula is C18H25N7O2. The third kappa shape index (κ3) is 4.60. The summed E-state index contributed by atoms with van der Waals surface area (Å²) in [5, 5.41) is 22.1. The molecule has 1 aliphatic rings. The van der Waals surface area contributed by atoms with Gasteiger partial charge in [-0.15, -0.1) is 0 Å². The van der Waals surface area contributed by atoms with Gasteiger partial charge in [-0.25, -0.2) is 9.67 Å². The van der Waals surface area contributed by atoms with Crippen molar-refractivity contribution < 1.29 is 4.92 Å². The van der Waals surface area contributed by atoms with Crippen LogP contribution in [0.25, 0.3) is 0 Å². The Morgan fingerprint density at radius 3 is 3.00 bits per heavy atom. The fourth-order valence-electron chi connectivity index (χ4n) is 3.04. The fraction of sp³-hybridized carbons (Fsp3) is 0.500. The van der Waals surface area contributed by atoms with Crippen molar-refractivity contribution in [1.82, 2.24) is 25.4 Å². The smallest absolute Gasteiger partial charge is 0.269 e. The minimum absolute atomic E-state index is 0.0872. The van der Waals surface area contributed by atoms with E-state index in [0.29, 0.717) is 18.4 Å². The number of rotatable bonds is 5. The Labute approximate surface area is 158 Å². The zero-order valence-electron chi connectivity index (χ0n) is 15.8. The maximum atomic E-state index is 10.9. The number of fused-ring (bicyclic) bond motifs is 1. The molecule has 1 aliphatic heterocycles. The summed E-state index contributed by atoms with van der Waals surface area (Å²) in [6.07, 6.45) is 1.83. The number of nitro benzene ring substituents is 1. The second-order valence-electron chi connectivity index (χ2n) is 6.96. The first kappa shape index (κ1) is 18.8. The van der Waals surface area contributed by atoms with Crippen molar-refractivity contribution >= 4 is 11.6 Å². The summed E-state index contributed by atoms with van der Waals surface area (Å²) in [5.41, 5.74) is 0.917. The number of hydrogen-bond acceptors (Lipinski definition) is 5. The van der Waals surface area contributed by atoms with Crippen molar-refractivity contribution in [1.29, 1.82) is 0 Å². The maximum Gasteiger partial charge on any atom is 0.269 e. The lowest BCUT2D eigenvalue weighted by atomic mass is 10.1. The molecule has 0 spiro atoms. The van der Waals surface area contributed by atoms with E-state index in [-0.39, 0.29) is 16.7 Å². The molecule has 9 nitrogen and oxygen atoms in total. The molecule has 9 heteroatoms. The Morgan fingerprint density at radius 1 is 1.48 bits per heavy atom. The number of hydrogen-bond donors (Lipinski definition) is 2. The van der Waals surface area contributed by atoms with Gasteiger partial charge < -0.3 is 10.6 Å². The highest BCUT2D eigenvalue weighted by Gasteiger charge is 2.23. The number of nitrogens with zero attached hydrogens (tertiary/aromatic N) is 5. The lowest BCUT2D eigenvalue weighted by Gasteiger charge is -2.25. The number of guanidine groups is 1. The van der Waals surface area contributed by atoms with Gasteiger partial charge in [0.1, 0.15) is 5.82 Å². The molecule has 3 rings (SSSR count). The second-order valence-corrected chi connectivity index (χ2v) is 6.96. The summed E-state index contributed by atoms with van der Waals surface area (Å²) in [4.78, 5) is 19.4. The van der Waals surface area contributed by atoms with Crippen LogP contribution in [-0.2, 0) is 19.5 Å². The van der Waals surface area contributed by atoms with Crippen LogP contribution >= 0.6 is 0 Å². The van der Waals surface area contributed by atoms with Gasteiger partial charge in [0.25, 0.3) is 5.69 Å². The van der Waals surface area contributed by atoms with Gasteiger partial charge in [-0.05, 0) is 12.0 Å². The molecule has 1 unspecified atom stereocenters. The zero-order valence-corrected chi connectivity index (χ0v) is 15.8. The van der Waals surface area contributed by atoms with E-state index in [4.69, 9.17) is 0 Å². The Bertz CT molecular complexity index is 844. The molecule has 27 heavy (non-hydrogen) atoms. The molecule has 1 aromatic heterocycles. The molecule has 2 heterocycles. The molecule has 1 aromatic carbocycles. The van der Waals surface area contributed by atoms with E-state index in [1.54, 1.807) is 19.2 Å². The molecule has 2 aromatic rings. The predicted octanol–water partition coefficient (Wildman–Crippen LogP) is 1.99. The van der Waals surface area contributed by atoms with Crippen molar-refractivity contribution in [3.05, 3.63) is 51.6 Å². The number of aliphatic imine (C=N–C) groups is 1. The third-order valence-corrected chi connectivity index (χ3v) is 4.54. The molecule has 0 radical (unpaired) electrons. The van der Waals surface area contributed by atoms with Gasteiger partial charge >= 0.3 is 0 Å². The largest absolute Gasteiger partial charge is 0.352 e. The first-order valence-electron chi connectivity index (χ1n) is 9.10. The van der Waals surface area contributed by atoms with Crippen molar-refractivity contribution in [2.45, 2.75) is 51.7 Å². The normalized spacial score (nSPS) is 16.9. The topological polar surface area (TPSA) is 110 Å². The van der Waals surface area contributed by atoms with E-state index in [1.165, 1.54) is 6.07 Å². The first-order chi connectivity index (χ1) is 13.0. The summed E-state index contributed by atoms with van der Waals surface area (Å²) >= 11 is 0. The van der Waals surface area contributed by atoms with Crippen LogP contribution < -0.4 is 10.6 Å². The maximum absolute atomic E-state index is 10.9. The quantitative estimate of drug-likeness (QED) is 0.360. The molecule has 0 bridgehead atoms. The van der Waals surface area contributed by atoms with Gasteiger partial charge in [0.15, 0.2) is 11.8 Å². The van der Waals surface area contributed by atoms with E-state index in [9.17, 15) is 10.1 Å². The lowest BCUT2D eigenvalue weighted by molar-refractivity contribution is -0.384. The number of nitrogens with one attached hydrogen (secondary N) is 2. The highest BCUT2D eigenvalue weighted by atomic mass is 16.6. The Hall–Kier alpha value is -2.97.